The van der Waals surface area contributed by atoms with E-state index in [0.29, 0.717) is 0 Å². The summed E-state index contributed by atoms with van der Waals surface area (Å²) >= 11 is 3.52. The second-order valence-electron chi connectivity index (χ2n) is 4.80. The third-order valence-electron chi connectivity index (χ3n) is 3.17. The van der Waals surface area contributed by atoms with Gasteiger partial charge < -0.3 is 5.32 Å². The molecule has 2 rings (SSSR count). The molecule has 0 spiro atoms. The van der Waals surface area contributed by atoms with E-state index in [0.717, 1.165) is 23.1 Å². The Labute approximate surface area is 123 Å². The fourth-order valence-corrected chi connectivity index (χ4v) is 2.69. The quantitative estimate of drug-likeness (QED) is 0.912. The fraction of sp³-hybridized carbons (Fsp3) is 0.400. The molecular weight excluding hydrogens is 302 g/mol. The van der Waals surface area contributed by atoms with Gasteiger partial charge in [-0.3, -0.25) is 4.68 Å². The Morgan fingerprint density at radius 3 is 2.74 bits per heavy atom. The summed E-state index contributed by atoms with van der Waals surface area (Å²) in [4.78, 5) is 0. The molecule has 3 nitrogen and oxygen atoms in total. The van der Waals surface area contributed by atoms with Crippen LogP contribution >= 0.6 is 15.9 Å². The zero-order valence-electron chi connectivity index (χ0n) is 11.7. The molecule has 19 heavy (non-hydrogen) atoms. The molecule has 1 aromatic carbocycles. The highest BCUT2D eigenvalue weighted by Gasteiger charge is 2.17. The molecule has 2 aromatic rings. The van der Waals surface area contributed by atoms with Crippen LogP contribution in [0.1, 0.15) is 36.2 Å². The zero-order chi connectivity index (χ0) is 13.8. The number of aromatic nitrogens is 2. The van der Waals surface area contributed by atoms with Gasteiger partial charge in [-0.2, -0.15) is 5.10 Å². The first-order chi connectivity index (χ1) is 9.11. The van der Waals surface area contributed by atoms with Gasteiger partial charge in [-0.05, 0) is 49.2 Å². The van der Waals surface area contributed by atoms with Crippen LogP contribution in [0.25, 0.3) is 0 Å². The second-order valence-corrected chi connectivity index (χ2v) is 5.72. The summed E-state index contributed by atoms with van der Waals surface area (Å²) in [6.07, 6.45) is 3.10. The van der Waals surface area contributed by atoms with E-state index in [1.807, 2.05) is 17.9 Å². The highest BCUT2D eigenvalue weighted by atomic mass is 79.9. The maximum atomic E-state index is 4.55. The number of nitrogens with one attached hydrogen (secondary N) is 1. The van der Waals surface area contributed by atoms with E-state index in [1.54, 1.807) is 0 Å². The van der Waals surface area contributed by atoms with Gasteiger partial charge in [0.15, 0.2) is 0 Å². The molecule has 1 atom stereocenters. The van der Waals surface area contributed by atoms with Crippen LogP contribution in [0.4, 0.5) is 0 Å². The minimum atomic E-state index is 0.161. The molecule has 0 aliphatic heterocycles. The van der Waals surface area contributed by atoms with Crippen LogP contribution in [0.3, 0.4) is 0 Å². The van der Waals surface area contributed by atoms with Gasteiger partial charge in [0.1, 0.15) is 0 Å². The van der Waals surface area contributed by atoms with E-state index in [-0.39, 0.29) is 6.04 Å². The smallest absolute Gasteiger partial charge is 0.0839 e. The summed E-state index contributed by atoms with van der Waals surface area (Å²) < 4.78 is 2.97. The van der Waals surface area contributed by atoms with E-state index in [9.17, 15) is 0 Å². The standard InChI is InChI=1S/C15H20BrN3/c1-4-8-17-15(14-7-9-19(3)18-14)13-6-5-12(16)10-11(13)2/h5-7,9-10,15,17H,4,8H2,1-3H3. The van der Waals surface area contributed by atoms with Gasteiger partial charge in [0, 0.05) is 17.7 Å². The predicted octanol–water partition coefficient (Wildman–Crippen LogP) is 3.58. The maximum absolute atomic E-state index is 4.55. The van der Waals surface area contributed by atoms with Crippen LogP contribution in [-0.2, 0) is 7.05 Å². The van der Waals surface area contributed by atoms with Crippen LogP contribution in [0.2, 0.25) is 0 Å². The first-order valence-electron chi connectivity index (χ1n) is 6.60. The minimum Gasteiger partial charge on any atom is -0.305 e. The van der Waals surface area contributed by atoms with Crippen molar-refractivity contribution in [3.63, 3.8) is 0 Å². The molecule has 0 aliphatic rings. The SMILES string of the molecule is CCCNC(c1ccn(C)n1)c1ccc(Br)cc1C. The molecule has 1 aromatic heterocycles. The number of aryl methyl sites for hydroxylation is 2. The second kappa shape index (κ2) is 6.35. The van der Waals surface area contributed by atoms with Gasteiger partial charge in [0.05, 0.1) is 11.7 Å². The van der Waals surface area contributed by atoms with E-state index in [2.05, 4.69) is 64.5 Å². The number of nitrogens with zero attached hydrogens (tertiary/aromatic N) is 2. The van der Waals surface area contributed by atoms with Crippen LogP contribution in [-0.4, -0.2) is 16.3 Å². The Morgan fingerprint density at radius 1 is 1.37 bits per heavy atom. The Hall–Kier alpha value is -1.13. The van der Waals surface area contributed by atoms with Crippen LogP contribution < -0.4 is 5.32 Å². The Kier molecular flexibility index (Phi) is 4.77. The molecule has 0 fully saturated rings. The Balaban J connectivity index is 2.36. The molecular formula is C15H20BrN3. The van der Waals surface area contributed by atoms with Crippen molar-refractivity contribution in [2.24, 2.45) is 7.05 Å². The molecule has 0 amide bonds. The topological polar surface area (TPSA) is 29.9 Å². The summed E-state index contributed by atoms with van der Waals surface area (Å²) in [5, 5.41) is 8.13. The monoisotopic (exact) mass is 321 g/mol. The molecule has 1 heterocycles. The highest BCUT2D eigenvalue weighted by molar-refractivity contribution is 9.10. The predicted molar refractivity (Wildman–Crippen MR) is 82.2 cm³/mol. The molecule has 0 bridgehead atoms. The molecule has 0 aliphatic carbocycles. The van der Waals surface area contributed by atoms with Crippen molar-refractivity contribution in [1.29, 1.82) is 0 Å². The van der Waals surface area contributed by atoms with Crippen molar-refractivity contribution in [1.82, 2.24) is 15.1 Å². The third kappa shape index (κ3) is 3.45. The molecule has 1 unspecified atom stereocenters. The van der Waals surface area contributed by atoms with Gasteiger partial charge in [-0.15, -0.1) is 0 Å². The van der Waals surface area contributed by atoms with E-state index < -0.39 is 0 Å². The van der Waals surface area contributed by atoms with E-state index in [4.69, 9.17) is 0 Å². The van der Waals surface area contributed by atoms with Crippen molar-refractivity contribution in [2.75, 3.05) is 6.54 Å². The van der Waals surface area contributed by atoms with E-state index in [1.165, 1.54) is 11.1 Å². The van der Waals surface area contributed by atoms with Crippen molar-refractivity contribution >= 4 is 15.9 Å². The number of hydrogen-bond acceptors (Lipinski definition) is 2. The van der Waals surface area contributed by atoms with Crippen LogP contribution in [0, 0.1) is 6.92 Å². The molecule has 1 N–H and O–H groups in total. The average Bonchev–Trinajstić information content (AvgIpc) is 2.78. The van der Waals surface area contributed by atoms with Gasteiger partial charge in [-0.1, -0.05) is 28.9 Å². The first-order valence-corrected chi connectivity index (χ1v) is 7.40. The number of halogens is 1. The van der Waals surface area contributed by atoms with Gasteiger partial charge in [-0.25, -0.2) is 0 Å². The lowest BCUT2D eigenvalue weighted by Gasteiger charge is -2.19. The Bertz CT molecular complexity index is 548. The summed E-state index contributed by atoms with van der Waals surface area (Å²) in [6.45, 7) is 5.30. The molecule has 0 saturated carbocycles. The lowest BCUT2D eigenvalue weighted by atomic mass is 9.99. The molecule has 4 heteroatoms. The van der Waals surface area contributed by atoms with Crippen LogP contribution in [0.15, 0.2) is 34.9 Å². The van der Waals surface area contributed by atoms with Crippen molar-refractivity contribution in [2.45, 2.75) is 26.3 Å². The first kappa shape index (κ1) is 14.3. The van der Waals surface area contributed by atoms with Crippen molar-refractivity contribution in [3.05, 3.63) is 51.8 Å². The van der Waals surface area contributed by atoms with E-state index >= 15 is 0 Å². The number of benzene rings is 1. The zero-order valence-corrected chi connectivity index (χ0v) is 13.2. The molecule has 0 radical (unpaired) electrons. The third-order valence-corrected chi connectivity index (χ3v) is 3.66. The maximum Gasteiger partial charge on any atom is 0.0839 e. The minimum absolute atomic E-state index is 0.161. The lowest BCUT2D eigenvalue weighted by molar-refractivity contribution is 0.573. The largest absolute Gasteiger partial charge is 0.305 e. The van der Waals surface area contributed by atoms with Gasteiger partial charge in [0.25, 0.3) is 0 Å². The summed E-state index contributed by atoms with van der Waals surface area (Å²) in [5.41, 5.74) is 3.63. The molecule has 0 saturated heterocycles. The van der Waals surface area contributed by atoms with Gasteiger partial charge >= 0.3 is 0 Å². The van der Waals surface area contributed by atoms with Gasteiger partial charge in [0.2, 0.25) is 0 Å². The van der Waals surface area contributed by atoms with Crippen molar-refractivity contribution < 1.29 is 0 Å². The average molecular weight is 322 g/mol. The summed E-state index contributed by atoms with van der Waals surface area (Å²) in [7, 11) is 1.95. The lowest BCUT2D eigenvalue weighted by Crippen LogP contribution is -2.24. The normalized spacial score (nSPS) is 12.6. The fourth-order valence-electron chi connectivity index (χ4n) is 2.21. The molecule has 102 valence electrons. The highest BCUT2D eigenvalue weighted by Crippen LogP contribution is 2.26. The van der Waals surface area contributed by atoms with Crippen LogP contribution in [0.5, 0.6) is 0 Å². The summed E-state index contributed by atoms with van der Waals surface area (Å²) in [6, 6.07) is 8.65. The number of rotatable bonds is 5. The summed E-state index contributed by atoms with van der Waals surface area (Å²) in [5.74, 6) is 0. The number of hydrogen-bond donors (Lipinski definition) is 1. The Morgan fingerprint density at radius 2 is 2.16 bits per heavy atom. The van der Waals surface area contributed by atoms with Crippen molar-refractivity contribution in [3.8, 4) is 0 Å².